The number of halogens is 4. The van der Waals surface area contributed by atoms with Crippen molar-refractivity contribution in [2.75, 3.05) is 22.5 Å². The molecule has 0 fully saturated rings. The van der Waals surface area contributed by atoms with Crippen LogP contribution in [0.2, 0.25) is 5.15 Å². The first-order valence-corrected chi connectivity index (χ1v) is 10.1. The lowest BCUT2D eigenvalue weighted by molar-refractivity contribution is -0.137. The molecule has 9 heteroatoms. The maximum atomic E-state index is 13.1. The average Bonchev–Trinajstić information content (AvgIpc) is 2.71. The number of aromatic nitrogens is 2. The van der Waals surface area contributed by atoms with Gasteiger partial charge in [0.25, 0.3) is 0 Å². The van der Waals surface area contributed by atoms with Gasteiger partial charge in [-0.25, -0.2) is 4.98 Å². The molecule has 1 heterocycles. The van der Waals surface area contributed by atoms with Gasteiger partial charge in [0.1, 0.15) is 11.0 Å². The zero-order chi connectivity index (χ0) is 22.6. The maximum absolute atomic E-state index is 13.1. The van der Waals surface area contributed by atoms with E-state index in [9.17, 15) is 13.2 Å². The molecule has 0 spiro atoms. The van der Waals surface area contributed by atoms with E-state index in [-0.39, 0.29) is 11.7 Å². The summed E-state index contributed by atoms with van der Waals surface area (Å²) in [4.78, 5) is 10.2. The quantitative estimate of drug-likeness (QED) is 0.437. The molecule has 0 radical (unpaired) electrons. The van der Waals surface area contributed by atoms with E-state index >= 15 is 0 Å². The summed E-state index contributed by atoms with van der Waals surface area (Å²) in [6.45, 7) is 4.84. The molecule has 0 saturated heterocycles. The van der Waals surface area contributed by atoms with Gasteiger partial charge in [0.05, 0.1) is 24.0 Å². The van der Waals surface area contributed by atoms with Crippen molar-refractivity contribution in [3.63, 3.8) is 0 Å². The lowest BCUT2D eigenvalue weighted by Crippen LogP contribution is -2.23. The Hall–Kier alpha value is -3.00. The lowest BCUT2D eigenvalue weighted by atomic mass is 10.1. The van der Waals surface area contributed by atoms with Crippen LogP contribution in [0, 0.1) is 0 Å². The minimum Gasteiger partial charge on any atom is -0.399 e. The van der Waals surface area contributed by atoms with Crippen LogP contribution < -0.4 is 16.0 Å². The molecule has 0 aliphatic rings. The molecule has 2 aromatic carbocycles. The van der Waals surface area contributed by atoms with Gasteiger partial charge in [-0.15, -0.1) is 0 Å². The second kappa shape index (κ2) is 9.43. The van der Waals surface area contributed by atoms with E-state index < -0.39 is 11.7 Å². The van der Waals surface area contributed by atoms with Crippen molar-refractivity contribution < 1.29 is 13.2 Å². The minimum atomic E-state index is -4.44. The highest BCUT2D eigenvalue weighted by molar-refractivity contribution is 6.29. The second-order valence-corrected chi connectivity index (χ2v) is 7.55. The van der Waals surface area contributed by atoms with Crippen LogP contribution in [0.25, 0.3) is 0 Å². The van der Waals surface area contributed by atoms with E-state index in [1.54, 1.807) is 12.3 Å². The molecule has 31 heavy (non-hydrogen) atoms. The third kappa shape index (κ3) is 6.01. The van der Waals surface area contributed by atoms with Crippen molar-refractivity contribution in [3.05, 3.63) is 76.7 Å². The fraction of sp³-hybridized carbons (Fsp3) is 0.273. The molecule has 1 aromatic heterocycles. The van der Waals surface area contributed by atoms with Gasteiger partial charge in [-0.3, -0.25) is 4.98 Å². The first-order chi connectivity index (χ1) is 14.7. The number of hydrogen-bond acceptors (Lipinski definition) is 5. The summed E-state index contributed by atoms with van der Waals surface area (Å²) >= 11 is 5.89. The van der Waals surface area contributed by atoms with Gasteiger partial charge < -0.3 is 16.0 Å². The lowest BCUT2D eigenvalue weighted by Gasteiger charge is -2.25. The van der Waals surface area contributed by atoms with Gasteiger partial charge in [0.2, 0.25) is 0 Å². The maximum Gasteiger partial charge on any atom is 0.416 e. The third-order valence-corrected chi connectivity index (χ3v) is 4.98. The Morgan fingerprint density at radius 3 is 2.61 bits per heavy atom. The molecule has 3 rings (SSSR count). The van der Waals surface area contributed by atoms with Crippen molar-refractivity contribution in [1.29, 1.82) is 0 Å². The van der Waals surface area contributed by atoms with Gasteiger partial charge in [-0.05, 0) is 55.3 Å². The summed E-state index contributed by atoms with van der Waals surface area (Å²) in [5.74, 6) is 0.553. The van der Waals surface area contributed by atoms with Crippen LogP contribution in [0.1, 0.15) is 36.6 Å². The topological polar surface area (TPSA) is 67.1 Å². The molecule has 3 N–H and O–H groups in total. The van der Waals surface area contributed by atoms with E-state index in [1.165, 1.54) is 6.20 Å². The fourth-order valence-electron chi connectivity index (χ4n) is 3.29. The highest BCUT2D eigenvalue weighted by Gasteiger charge is 2.31. The zero-order valence-corrected chi connectivity index (χ0v) is 17.9. The van der Waals surface area contributed by atoms with Gasteiger partial charge in [0.15, 0.2) is 0 Å². The van der Waals surface area contributed by atoms with Crippen LogP contribution in [0.15, 0.2) is 54.9 Å². The summed E-state index contributed by atoms with van der Waals surface area (Å²) in [6, 6.07) is 11.4. The van der Waals surface area contributed by atoms with Gasteiger partial charge in [-0.1, -0.05) is 23.7 Å². The Kier molecular flexibility index (Phi) is 6.90. The van der Waals surface area contributed by atoms with Gasteiger partial charge in [0, 0.05) is 24.5 Å². The standard InChI is InChI=1S/C22H23ClF3N5/c1-3-31(13-15-7-17(22(24,25)26)10-18(27)8-15)19-6-4-5-16(9-19)14(2)29-21-12-28-11-20(23)30-21/h4-12,14H,3,13,27H2,1-2H3,(H,29,30). The van der Waals surface area contributed by atoms with Crippen molar-refractivity contribution in [2.24, 2.45) is 0 Å². The van der Waals surface area contributed by atoms with Crippen LogP contribution >= 0.6 is 11.6 Å². The van der Waals surface area contributed by atoms with Crippen LogP contribution in [0.4, 0.5) is 30.4 Å². The number of nitrogens with zero attached hydrogens (tertiary/aromatic N) is 3. The van der Waals surface area contributed by atoms with Crippen molar-refractivity contribution in [2.45, 2.75) is 32.6 Å². The fourth-order valence-corrected chi connectivity index (χ4v) is 3.43. The summed E-state index contributed by atoms with van der Waals surface area (Å²) in [5.41, 5.74) is 7.44. The molecule has 5 nitrogen and oxygen atoms in total. The smallest absolute Gasteiger partial charge is 0.399 e. The van der Waals surface area contributed by atoms with E-state index in [4.69, 9.17) is 17.3 Å². The third-order valence-electron chi connectivity index (χ3n) is 4.80. The molecule has 164 valence electrons. The Labute approximate surface area is 184 Å². The first kappa shape index (κ1) is 22.7. The number of benzene rings is 2. The van der Waals surface area contributed by atoms with Crippen LogP contribution in [0.5, 0.6) is 0 Å². The Morgan fingerprint density at radius 2 is 1.94 bits per heavy atom. The molecule has 3 aromatic rings. The van der Waals surface area contributed by atoms with Crippen LogP contribution in [-0.4, -0.2) is 16.5 Å². The first-order valence-electron chi connectivity index (χ1n) is 9.71. The number of nitrogens with one attached hydrogen (secondary N) is 1. The number of nitrogens with two attached hydrogens (primary N) is 1. The molecule has 0 saturated carbocycles. The van der Waals surface area contributed by atoms with Crippen LogP contribution in [0.3, 0.4) is 0 Å². The van der Waals surface area contributed by atoms with Crippen LogP contribution in [-0.2, 0) is 12.7 Å². The number of hydrogen-bond donors (Lipinski definition) is 2. The summed E-state index contributed by atoms with van der Waals surface area (Å²) in [5, 5.41) is 3.54. The number of rotatable bonds is 7. The monoisotopic (exact) mass is 449 g/mol. The predicted molar refractivity (Wildman–Crippen MR) is 118 cm³/mol. The molecular weight excluding hydrogens is 427 g/mol. The molecule has 0 aliphatic heterocycles. The Morgan fingerprint density at radius 1 is 1.16 bits per heavy atom. The highest BCUT2D eigenvalue weighted by Crippen LogP contribution is 2.32. The molecule has 0 bridgehead atoms. The molecule has 1 unspecified atom stereocenters. The molecule has 1 atom stereocenters. The van der Waals surface area contributed by atoms with E-state index in [0.29, 0.717) is 29.6 Å². The highest BCUT2D eigenvalue weighted by atomic mass is 35.5. The van der Waals surface area contributed by atoms with Crippen molar-refractivity contribution in [3.8, 4) is 0 Å². The van der Waals surface area contributed by atoms with Gasteiger partial charge in [-0.2, -0.15) is 13.2 Å². The number of anilines is 3. The van der Waals surface area contributed by atoms with E-state index in [2.05, 4.69) is 15.3 Å². The zero-order valence-electron chi connectivity index (χ0n) is 17.1. The molecular formula is C22H23ClF3N5. The second-order valence-electron chi connectivity index (χ2n) is 7.16. The Balaban J connectivity index is 1.81. The predicted octanol–water partition coefficient (Wildman–Crippen LogP) is 5.93. The number of nitrogen functional groups attached to an aromatic ring is 1. The van der Waals surface area contributed by atoms with E-state index in [0.717, 1.165) is 23.4 Å². The minimum absolute atomic E-state index is 0.0874. The summed E-state index contributed by atoms with van der Waals surface area (Å²) in [7, 11) is 0. The largest absolute Gasteiger partial charge is 0.416 e. The van der Waals surface area contributed by atoms with Crippen molar-refractivity contribution in [1.82, 2.24) is 9.97 Å². The summed E-state index contributed by atoms with van der Waals surface area (Å²) < 4.78 is 39.4. The SMILES string of the molecule is CCN(Cc1cc(N)cc(C(F)(F)F)c1)c1cccc(C(C)Nc2cncc(Cl)n2)c1. The normalized spacial score (nSPS) is 12.5. The van der Waals surface area contributed by atoms with Crippen molar-refractivity contribution >= 4 is 28.8 Å². The van der Waals surface area contributed by atoms with E-state index in [1.807, 2.05) is 43.0 Å². The molecule has 0 aliphatic carbocycles. The summed E-state index contributed by atoms with van der Waals surface area (Å²) in [6.07, 6.45) is -1.40. The molecule has 0 amide bonds. The van der Waals surface area contributed by atoms with Gasteiger partial charge >= 0.3 is 6.18 Å². The number of alkyl halides is 3. The Bertz CT molecular complexity index is 1040. The average molecular weight is 450 g/mol.